The Kier molecular flexibility index (Phi) is 8.91. The SMILES string of the molecule is CC(=O)O[C@@H]1/C(C(C)C)=C\C=C(/C)CC/C=C(\C)CC/C=C(\C)[C@H]1O. The molecule has 0 fully saturated rings. The van der Waals surface area contributed by atoms with Gasteiger partial charge >= 0.3 is 5.97 Å². The first-order valence-electron chi connectivity index (χ1n) is 9.27. The molecule has 1 aliphatic rings. The first kappa shape index (κ1) is 21.4. The molecule has 0 aromatic rings. The molecular formula is C22H34O3. The third-order valence-corrected chi connectivity index (χ3v) is 4.64. The van der Waals surface area contributed by atoms with E-state index in [1.54, 1.807) is 0 Å². The summed E-state index contributed by atoms with van der Waals surface area (Å²) in [5, 5.41) is 10.8. The Bertz CT molecular complexity index is 576. The van der Waals surface area contributed by atoms with E-state index >= 15 is 0 Å². The van der Waals surface area contributed by atoms with Crippen molar-refractivity contribution < 1.29 is 14.6 Å². The zero-order chi connectivity index (χ0) is 19.0. The molecule has 1 rings (SSSR count). The van der Waals surface area contributed by atoms with E-state index in [9.17, 15) is 9.90 Å². The topological polar surface area (TPSA) is 46.5 Å². The molecule has 0 saturated carbocycles. The number of allylic oxidation sites excluding steroid dienone is 6. The molecule has 0 radical (unpaired) electrons. The van der Waals surface area contributed by atoms with Crippen LogP contribution >= 0.6 is 0 Å². The summed E-state index contributed by atoms with van der Waals surface area (Å²) in [7, 11) is 0. The molecule has 3 heteroatoms. The fourth-order valence-electron chi connectivity index (χ4n) is 2.97. The maximum absolute atomic E-state index is 11.6. The molecule has 140 valence electrons. The van der Waals surface area contributed by atoms with Crippen LogP contribution in [0.25, 0.3) is 0 Å². The van der Waals surface area contributed by atoms with Crippen molar-refractivity contribution in [1.29, 1.82) is 0 Å². The molecule has 0 bridgehead atoms. The second-order valence-corrected chi connectivity index (χ2v) is 7.39. The monoisotopic (exact) mass is 346 g/mol. The van der Waals surface area contributed by atoms with Crippen molar-refractivity contribution in [2.24, 2.45) is 5.92 Å². The van der Waals surface area contributed by atoms with Crippen LogP contribution in [0.3, 0.4) is 0 Å². The fourth-order valence-corrected chi connectivity index (χ4v) is 2.97. The lowest BCUT2D eigenvalue weighted by Gasteiger charge is -2.28. The number of carbonyl (C=O) groups excluding carboxylic acids is 1. The van der Waals surface area contributed by atoms with Gasteiger partial charge in [-0.05, 0) is 63.5 Å². The molecule has 0 heterocycles. The molecular weight excluding hydrogens is 312 g/mol. The highest BCUT2D eigenvalue weighted by Gasteiger charge is 2.28. The van der Waals surface area contributed by atoms with E-state index in [1.165, 1.54) is 18.1 Å². The van der Waals surface area contributed by atoms with Gasteiger partial charge in [0.2, 0.25) is 0 Å². The lowest BCUT2D eigenvalue weighted by molar-refractivity contribution is -0.148. The Labute approximate surface area is 153 Å². The lowest BCUT2D eigenvalue weighted by Crippen LogP contribution is -2.35. The highest BCUT2D eigenvalue weighted by Crippen LogP contribution is 2.25. The van der Waals surface area contributed by atoms with E-state index in [4.69, 9.17) is 4.74 Å². The highest BCUT2D eigenvalue weighted by molar-refractivity contribution is 5.66. The summed E-state index contributed by atoms with van der Waals surface area (Å²) in [6.45, 7) is 11.7. The quantitative estimate of drug-likeness (QED) is 0.547. The largest absolute Gasteiger partial charge is 0.455 e. The van der Waals surface area contributed by atoms with Gasteiger partial charge in [0, 0.05) is 6.92 Å². The van der Waals surface area contributed by atoms with Crippen molar-refractivity contribution in [3.05, 3.63) is 46.6 Å². The first-order valence-corrected chi connectivity index (χ1v) is 9.27. The summed E-state index contributed by atoms with van der Waals surface area (Å²) in [6, 6.07) is 0. The highest BCUT2D eigenvalue weighted by atomic mass is 16.6. The van der Waals surface area contributed by atoms with Gasteiger partial charge in [0.25, 0.3) is 0 Å². The lowest BCUT2D eigenvalue weighted by atomic mass is 9.89. The number of aliphatic hydroxyl groups excluding tert-OH is 1. The number of rotatable bonds is 2. The molecule has 0 amide bonds. The van der Waals surface area contributed by atoms with Crippen molar-refractivity contribution in [3.63, 3.8) is 0 Å². The van der Waals surface area contributed by atoms with E-state index in [-0.39, 0.29) is 11.9 Å². The van der Waals surface area contributed by atoms with Crippen LogP contribution in [0.15, 0.2) is 46.6 Å². The second-order valence-electron chi connectivity index (χ2n) is 7.39. The summed E-state index contributed by atoms with van der Waals surface area (Å²) in [6.07, 6.45) is 10.9. The fraction of sp³-hybridized carbons (Fsp3) is 0.591. The molecule has 0 unspecified atom stereocenters. The molecule has 0 aliphatic heterocycles. The number of ether oxygens (including phenoxy) is 1. The summed E-state index contributed by atoms with van der Waals surface area (Å²) in [5.74, 6) is -0.199. The van der Waals surface area contributed by atoms with Crippen molar-refractivity contribution >= 4 is 5.97 Å². The van der Waals surface area contributed by atoms with Crippen molar-refractivity contribution in [3.8, 4) is 0 Å². The third kappa shape index (κ3) is 7.43. The zero-order valence-corrected chi connectivity index (χ0v) is 16.6. The Morgan fingerprint density at radius 1 is 1.08 bits per heavy atom. The van der Waals surface area contributed by atoms with Gasteiger partial charge in [-0.2, -0.15) is 0 Å². The predicted octanol–water partition coefficient (Wildman–Crippen LogP) is 5.27. The van der Waals surface area contributed by atoms with E-state index in [1.807, 2.05) is 13.0 Å². The van der Waals surface area contributed by atoms with Crippen molar-refractivity contribution in [1.82, 2.24) is 0 Å². The maximum atomic E-state index is 11.6. The molecule has 0 spiro atoms. The number of hydrogen-bond acceptors (Lipinski definition) is 3. The van der Waals surface area contributed by atoms with Gasteiger partial charge in [0.1, 0.15) is 6.10 Å². The van der Waals surface area contributed by atoms with Crippen LogP contribution < -0.4 is 0 Å². The van der Waals surface area contributed by atoms with E-state index < -0.39 is 12.2 Å². The molecule has 2 atom stereocenters. The molecule has 0 saturated heterocycles. The summed E-state index contributed by atoms with van der Waals surface area (Å²) < 4.78 is 5.53. The molecule has 3 nitrogen and oxygen atoms in total. The number of hydrogen-bond donors (Lipinski definition) is 1. The summed E-state index contributed by atoms with van der Waals surface area (Å²) in [5.41, 5.74) is 4.45. The number of esters is 1. The van der Waals surface area contributed by atoms with Crippen molar-refractivity contribution in [2.75, 3.05) is 0 Å². The second kappa shape index (κ2) is 10.4. The third-order valence-electron chi connectivity index (χ3n) is 4.64. The van der Waals surface area contributed by atoms with Gasteiger partial charge in [-0.3, -0.25) is 4.79 Å². The average molecular weight is 347 g/mol. The van der Waals surface area contributed by atoms with Crippen LogP contribution in [0.5, 0.6) is 0 Å². The van der Waals surface area contributed by atoms with Crippen LogP contribution in [0.2, 0.25) is 0 Å². The zero-order valence-electron chi connectivity index (χ0n) is 16.6. The minimum atomic E-state index is -0.821. The normalized spacial score (nSPS) is 32.2. The van der Waals surface area contributed by atoms with E-state index in [0.29, 0.717) is 0 Å². The van der Waals surface area contributed by atoms with Gasteiger partial charge in [0.15, 0.2) is 6.10 Å². The van der Waals surface area contributed by atoms with Gasteiger partial charge in [0.05, 0.1) is 0 Å². The Morgan fingerprint density at radius 3 is 2.28 bits per heavy atom. The average Bonchev–Trinajstić information content (AvgIpc) is 2.51. The molecule has 25 heavy (non-hydrogen) atoms. The summed E-state index contributed by atoms with van der Waals surface area (Å²) in [4.78, 5) is 11.6. The minimum Gasteiger partial charge on any atom is -0.455 e. The van der Waals surface area contributed by atoms with Crippen LogP contribution in [-0.4, -0.2) is 23.3 Å². The van der Waals surface area contributed by atoms with Gasteiger partial charge in [-0.25, -0.2) is 0 Å². The minimum absolute atomic E-state index is 0.172. The van der Waals surface area contributed by atoms with Crippen LogP contribution in [-0.2, 0) is 9.53 Å². The molecule has 0 aromatic carbocycles. The van der Waals surface area contributed by atoms with Crippen molar-refractivity contribution in [2.45, 2.75) is 79.4 Å². The Morgan fingerprint density at radius 2 is 1.68 bits per heavy atom. The van der Waals surface area contributed by atoms with Gasteiger partial charge in [-0.1, -0.05) is 49.3 Å². The summed E-state index contributed by atoms with van der Waals surface area (Å²) >= 11 is 0. The standard InChI is InChI=1S/C22H34O3/c1-15(2)20-14-13-17(4)10-7-9-16(3)11-8-12-18(5)21(24)22(20)25-19(6)23/h9,12-15,21-22,24H,7-8,10-11H2,1-6H3/b16-9+,17-13+,18-12+,20-14-/t21-,22-/m1/s1. The van der Waals surface area contributed by atoms with Crippen LogP contribution in [0.1, 0.15) is 67.2 Å². The molecule has 1 N–H and O–H groups in total. The van der Waals surface area contributed by atoms with Gasteiger partial charge in [-0.15, -0.1) is 0 Å². The number of carbonyl (C=O) groups is 1. The molecule has 1 aliphatic carbocycles. The Balaban J connectivity index is 3.31. The van der Waals surface area contributed by atoms with E-state index in [0.717, 1.165) is 36.8 Å². The Hall–Kier alpha value is -1.61. The maximum Gasteiger partial charge on any atom is 0.303 e. The predicted molar refractivity (Wildman–Crippen MR) is 104 cm³/mol. The van der Waals surface area contributed by atoms with Gasteiger partial charge < -0.3 is 9.84 Å². The first-order chi connectivity index (χ1) is 11.7. The number of aliphatic hydroxyl groups is 1. The molecule has 0 aromatic heterocycles. The smallest absolute Gasteiger partial charge is 0.303 e. The van der Waals surface area contributed by atoms with Crippen LogP contribution in [0.4, 0.5) is 0 Å². The van der Waals surface area contributed by atoms with Crippen LogP contribution in [0, 0.1) is 5.92 Å². The van der Waals surface area contributed by atoms with E-state index in [2.05, 4.69) is 45.9 Å².